The molecule has 35 heavy (non-hydrogen) atoms. The van der Waals surface area contributed by atoms with Crippen LogP contribution in [0.3, 0.4) is 0 Å². The van der Waals surface area contributed by atoms with Crippen molar-refractivity contribution < 1.29 is 28.6 Å². The zero-order chi connectivity index (χ0) is 25.5. The Bertz CT molecular complexity index is 1140. The van der Waals surface area contributed by atoms with Gasteiger partial charge in [0, 0.05) is 5.02 Å². The van der Waals surface area contributed by atoms with Crippen LogP contribution in [0.25, 0.3) is 6.08 Å². The van der Waals surface area contributed by atoms with Crippen molar-refractivity contribution >= 4 is 69.1 Å². The molecule has 186 valence electrons. The monoisotopic (exact) mass is 629 g/mol. The topological polar surface area (TPSA) is 82.1 Å². The van der Waals surface area contributed by atoms with Crippen LogP contribution in [-0.4, -0.2) is 41.3 Å². The van der Waals surface area contributed by atoms with Crippen molar-refractivity contribution in [1.82, 2.24) is 4.90 Å². The largest absolute Gasteiger partial charge is 0.490 e. The number of nitrogens with zero attached hydrogens (tertiary/aromatic N) is 1. The Morgan fingerprint density at radius 2 is 1.89 bits per heavy atom. The van der Waals surface area contributed by atoms with Gasteiger partial charge in [-0.1, -0.05) is 30.7 Å². The lowest BCUT2D eigenvalue weighted by molar-refractivity contribution is -0.150. The van der Waals surface area contributed by atoms with E-state index < -0.39 is 23.7 Å². The fourth-order valence-corrected chi connectivity index (χ4v) is 4.82. The summed E-state index contributed by atoms with van der Waals surface area (Å²) in [5.74, 6) is -0.0354. The van der Waals surface area contributed by atoms with E-state index >= 15 is 0 Å². The summed E-state index contributed by atoms with van der Waals surface area (Å²) in [7, 11) is 0. The van der Waals surface area contributed by atoms with Gasteiger partial charge in [-0.15, -0.1) is 0 Å². The fourth-order valence-electron chi connectivity index (χ4n) is 3.07. The molecule has 1 fully saturated rings. The quantitative estimate of drug-likeness (QED) is 0.173. The first kappa shape index (κ1) is 27.3. The van der Waals surface area contributed by atoms with Gasteiger partial charge in [0.25, 0.3) is 11.1 Å². The van der Waals surface area contributed by atoms with Crippen molar-refractivity contribution in [2.24, 2.45) is 0 Å². The number of carbonyl (C=O) groups excluding carboxylic acids is 3. The lowest BCUT2D eigenvalue weighted by Gasteiger charge is -2.15. The van der Waals surface area contributed by atoms with Gasteiger partial charge in [-0.25, -0.2) is 0 Å². The Balaban J connectivity index is 1.78. The van der Waals surface area contributed by atoms with E-state index in [-0.39, 0.29) is 11.0 Å². The van der Waals surface area contributed by atoms with Crippen LogP contribution in [0.1, 0.15) is 38.3 Å². The van der Waals surface area contributed by atoms with Gasteiger partial charge in [0.05, 0.1) is 21.2 Å². The van der Waals surface area contributed by atoms with Gasteiger partial charge in [-0.2, -0.15) is 0 Å². The van der Waals surface area contributed by atoms with E-state index in [0.29, 0.717) is 41.7 Å². The molecule has 1 aliphatic heterocycles. The Kier molecular flexibility index (Phi) is 9.88. The highest BCUT2D eigenvalue weighted by atomic mass is 127. The van der Waals surface area contributed by atoms with Crippen LogP contribution in [0.15, 0.2) is 41.3 Å². The minimum absolute atomic E-state index is 0.222. The van der Waals surface area contributed by atoms with E-state index in [1.54, 1.807) is 31.2 Å². The number of imide groups is 1. The first-order valence-electron chi connectivity index (χ1n) is 11.0. The average Bonchev–Trinajstić information content (AvgIpc) is 3.07. The van der Waals surface area contributed by atoms with Gasteiger partial charge in [0.15, 0.2) is 11.5 Å². The number of amides is 2. The van der Waals surface area contributed by atoms with Crippen molar-refractivity contribution in [1.29, 1.82) is 0 Å². The predicted molar refractivity (Wildman–Crippen MR) is 145 cm³/mol. The lowest BCUT2D eigenvalue weighted by Crippen LogP contribution is -2.35. The highest BCUT2D eigenvalue weighted by molar-refractivity contribution is 14.1. The number of halogens is 2. The van der Waals surface area contributed by atoms with Crippen LogP contribution in [0.5, 0.6) is 11.5 Å². The molecule has 1 saturated heterocycles. The van der Waals surface area contributed by atoms with E-state index in [0.717, 1.165) is 25.8 Å². The molecule has 10 heteroatoms. The van der Waals surface area contributed by atoms with E-state index in [9.17, 15) is 14.4 Å². The second-order valence-corrected chi connectivity index (χ2v) is 10.2. The van der Waals surface area contributed by atoms with Crippen LogP contribution in [-0.2, 0) is 20.9 Å². The highest BCUT2D eigenvalue weighted by Crippen LogP contribution is 2.38. The van der Waals surface area contributed by atoms with Gasteiger partial charge in [0.1, 0.15) is 13.2 Å². The predicted octanol–water partition coefficient (Wildman–Crippen LogP) is 6.30. The van der Waals surface area contributed by atoms with Crippen molar-refractivity contribution in [3.8, 4) is 11.5 Å². The smallest absolute Gasteiger partial charge is 0.326 e. The Morgan fingerprint density at radius 1 is 1.17 bits per heavy atom. The van der Waals surface area contributed by atoms with Crippen molar-refractivity contribution in [2.75, 3.05) is 13.2 Å². The van der Waals surface area contributed by atoms with Crippen LogP contribution in [0.4, 0.5) is 4.79 Å². The van der Waals surface area contributed by atoms with Crippen molar-refractivity contribution in [3.05, 3.63) is 61.0 Å². The van der Waals surface area contributed by atoms with Crippen LogP contribution in [0.2, 0.25) is 5.02 Å². The molecule has 0 aliphatic carbocycles. The number of hydrogen-bond donors (Lipinski definition) is 0. The molecule has 0 bridgehead atoms. The standard InChI is InChI=1S/C25H25ClINO6S/c1-4-15(3)34-22(29)13-28-24(30)21(35-25(28)31)12-17-10-19(27)23(20(11-17)32-5-2)33-14-16-6-8-18(26)9-7-16/h6-12,15H,4-5,13-14H2,1-3H3/b21-12+/t15-/m1/s1. The summed E-state index contributed by atoms with van der Waals surface area (Å²) in [4.78, 5) is 38.4. The van der Waals surface area contributed by atoms with E-state index in [2.05, 4.69) is 22.6 Å². The number of ether oxygens (including phenoxy) is 3. The van der Waals surface area contributed by atoms with Gasteiger partial charge < -0.3 is 14.2 Å². The van der Waals surface area contributed by atoms with E-state index in [1.165, 1.54) is 0 Å². The highest BCUT2D eigenvalue weighted by Gasteiger charge is 2.37. The zero-order valence-corrected chi connectivity index (χ0v) is 23.2. The van der Waals surface area contributed by atoms with E-state index in [1.807, 2.05) is 32.0 Å². The summed E-state index contributed by atoms with van der Waals surface area (Å²) >= 11 is 8.88. The van der Waals surface area contributed by atoms with E-state index in [4.69, 9.17) is 25.8 Å². The van der Waals surface area contributed by atoms with Gasteiger partial charge in [0.2, 0.25) is 0 Å². The molecule has 1 aliphatic rings. The van der Waals surface area contributed by atoms with Crippen LogP contribution >= 0.6 is 46.0 Å². The number of rotatable bonds is 10. The summed E-state index contributed by atoms with van der Waals surface area (Å²) in [5, 5.41) is 0.143. The molecule has 0 radical (unpaired) electrons. The molecule has 0 aromatic heterocycles. The maximum absolute atomic E-state index is 12.8. The first-order valence-corrected chi connectivity index (χ1v) is 13.3. The Hall–Kier alpha value is -2.24. The molecule has 0 unspecified atom stereocenters. The maximum atomic E-state index is 12.8. The van der Waals surface area contributed by atoms with Crippen LogP contribution < -0.4 is 9.47 Å². The average molecular weight is 630 g/mol. The third kappa shape index (κ3) is 7.37. The number of hydrogen-bond acceptors (Lipinski definition) is 7. The molecule has 7 nitrogen and oxygen atoms in total. The summed E-state index contributed by atoms with van der Waals surface area (Å²) in [6.45, 7) is 5.85. The normalized spacial score (nSPS) is 15.5. The number of benzene rings is 2. The second-order valence-electron chi connectivity index (χ2n) is 7.65. The molecule has 2 aromatic carbocycles. The second kappa shape index (κ2) is 12.6. The minimum atomic E-state index is -0.613. The molecule has 0 saturated carbocycles. The maximum Gasteiger partial charge on any atom is 0.326 e. The molecule has 0 N–H and O–H groups in total. The van der Waals surface area contributed by atoms with Gasteiger partial charge in [-0.3, -0.25) is 19.3 Å². The van der Waals surface area contributed by atoms with Crippen LogP contribution in [0, 0.1) is 3.57 Å². The summed E-state index contributed by atoms with van der Waals surface area (Å²) < 4.78 is 17.8. The molecule has 1 atom stereocenters. The SMILES string of the molecule is CCOc1cc(/C=C2/SC(=O)N(CC(=O)O[C@H](C)CC)C2=O)cc(I)c1OCc1ccc(Cl)cc1. The summed E-state index contributed by atoms with van der Waals surface area (Å²) in [5.41, 5.74) is 1.63. The third-order valence-corrected chi connectivity index (χ3v) is 6.95. The Morgan fingerprint density at radius 3 is 2.54 bits per heavy atom. The summed E-state index contributed by atoms with van der Waals surface area (Å²) in [6, 6.07) is 11.0. The van der Waals surface area contributed by atoms with Gasteiger partial charge >= 0.3 is 5.97 Å². The minimum Gasteiger partial charge on any atom is -0.490 e. The molecular weight excluding hydrogens is 605 g/mol. The third-order valence-electron chi connectivity index (χ3n) is 4.99. The van der Waals surface area contributed by atoms with Crippen molar-refractivity contribution in [2.45, 2.75) is 39.9 Å². The van der Waals surface area contributed by atoms with Gasteiger partial charge in [-0.05, 0) is 96.1 Å². The number of esters is 1. The Labute approximate surface area is 227 Å². The van der Waals surface area contributed by atoms with Crippen molar-refractivity contribution in [3.63, 3.8) is 0 Å². The molecule has 2 amide bonds. The number of thioether (sulfide) groups is 1. The fraction of sp³-hybridized carbons (Fsp3) is 0.320. The zero-order valence-electron chi connectivity index (χ0n) is 19.5. The molecule has 1 heterocycles. The molecule has 3 rings (SSSR count). The number of carbonyl (C=O) groups is 3. The molecule has 0 spiro atoms. The lowest BCUT2D eigenvalue weighted by atomic mass is 10.1. The molecular formula is C25H25ClINO6S. The summed E-state index contributed by atoms with van der Waals surface area (Å²) in [6.07, 6.45) is 1.98. The first-order chi connectivity index (χ1) is 16.7. The molecule has 2 aromatic rings.